The van der Waals surface area contributed by atoms with Gasteiger partial charge in [-0.05, 0) is 19.4 Å². The molecular weight excluding hydrogens is 203 g/mol. The molecule has 0 fully saturated rings. The number of nitrogens with two attached hydrogens (primary N) is 1. The second-order valence-electron chi connectivity index (χ2n) is 1.78. The van der Waals surface area contributed by atoms with E-state index >= 15 is 0 Å². The van der Waals surface area contributed by atoms with E-state index in [0.717, 1.165) is 0 Å². The van der Waals surface area contributed by atoms with Crippen molar-refractivity contribution in [1.29, 1.82) is 0 Å². The van der Waals surface area contributed by atoms with Crippen LogP contribution in [0.1, 0.15) is 12.8 Å². The summed E-state index contributed by atoms with van der Waals surface area (Å²) in [7, 11) is -4.75. The zero-order valence-corrected chi connectivity index (χ0v) is 12.4. The largest absolute Gasteiger partial charge is 1.00 e. The Morgan fingerprint density at radius 3 is 2.08 bits per heavy atom. The Morgan fingerprint density at radius 2 is 1.75 bits per heavy atom. The summed E-state index contributed by atoms with van der Waals surface area (Å²) in [6, 6.07) is 0. The van der Waals surface area contributed by atoms with Crippen molar-refractivity contribution in [2.45, 2.75) is 12.8 Å². The quantitative estimate of drug-likeness (QED) is 0.278. The van der Waals surface area contributed by atoms with Gasteiger partial charge < -0.3 is 24.6 Å². The fraction of sp³-hybridized carbons (Fsp3) is 1.00. The minimum atomic E-state index is -4.75. The summed E-state index contributed by atoms with van der Waals surface area (Å²) < 4.78 is 13.7. The first-order valence-electron chi connectivity index (χ1n) is 2.93. The first-order chi connectivity index (χ1) is 4.56. The molecule has 0 aliphatic heterocycles. The van der Waals surface area contributed by atoms with Gasteiger partial charge in [0.1, 0.15) is 0 Å². The van der Waals surface area contributed by atoms with Crippen LogP contribution in [0.25, 0.3) is 0 Å². The molecule has 8 heteroatoms. The van der Waals surface area contributed by atoms with Gasteiger partial charge in [0.05, 0.1) is 14.4 Å². The average molecular weight is 213 g/mol. The fourth-order valence-corrected chi connectivity index (χ4v) is 0.775. The predicted octanol–water partition coefficient (Wildman–Crippen LogP) is -7.42. The molecule has 0 aromatic carbocycles. The molecule has 0 aliphatic rings. The normalized spacial score (nSPS) is 9.92. The van der Waals surface area contributed by atoms with Gasteiger partial charge in [0, 0.05) is 0 Å². The minimum absolute atomic E-state index is 0. The number of unbranched alkanes of at least 4 members (excludes halogenated alkanes) is 1. The summed E-state index contributed by atoms with van der Waals surface area (Å²) >= 11 is 0. The summed E-state index contributed by atoms with van der Waals surface area (Å²) in [5.74, 6) is 0. The molecular formula is C4H10NNa2O4P. The van der Waals surface area contributed by atoms with Crippen molar-refractivity contribution in [1.82, 2.24) is 0 Å². The molecule has 0 spiro atoms. The van der Waals surface area contributed by atoms with Crippen LogP contribution in [-0.2, 0) is 9.09 Å². The predicted molar refractivity (Wildman–Crippen MR) is 31.8 cm³/mol. The number of hydrogen-bond donors (Lipinski definition) is 1. The Hall–Kier alpha value is 2.07. The monoisotopic (exact) mass is 213 g/mol. The number of phosphoric acid groups is 1. The summed E-state index contributed by atoms with van der Waals surface area (Å²) in [5, 5.41) is 0. The van der Waals surface area contributed by atoms with E-state index in [-0.39, 0.29) is 65.7 Å². The third kappa shape index (κ3) is 18.0. The van der Waals surface area contributed by atoms with Gasteiger partial charge in [-0.1, -0.05) is 0 Å². The van der Waals surface area contributed by atoms with Gasteiger partial charge in [-0.25, -0.2) is 0 Å². The molecule has 0 heterocycles. The average Bonchev–Trinajstić information content (AvgIpc) is 1.78. The minimum Gasteiger partial charge on any atom is -0.790 e. The van der Waals surface area contributed by atoms with Crippen molar-refractivity contribution < 1.29 is 78.0 Å². The number of hydrogen-bond acceptors (Lipinski definition) is 5. The van der Waals surface area contributed by atoms with E-state index in [4.69, 9.17) is 5.73 Å². The molecule has 0 aromatic heterocycles. The summed E-state index contributed by atoms with van der Waals surface area (Å²) in [4.78, 5) is 19.6. The topological polar surface area (TPSA) is 98.4 Å². The molecule has 0 radical (unpaired) electrons. The van der Waals surface area contributed by atoms with E-state index in [1.54, 1.807) is 0 Å². The van der Waals surface area contributed by atoms with Crippen molar-refractivity contribution in [2.24, 2.45) is 5.73 Å². The Kier molecular flexibility index (Phi) is 18.2. The van der Waals surface area contributed by atoms with Gasteiger partial charge >= 0.3 is 59.1 Å². The molecule has 0 saturated carbocycles. The van der Waals surface area contributed by atoms with Crippen LogP contribution in [0, 0.1) is 0 Å². The molecule has 62 valence electrons. The van der Waals surface area contributed by atoms with Gasteiger partial charge in [-0.3, -0.25) is 0 Å². The fourth-order valence-electron chi connectivity index (χ4n) is 0.423. The van der Waals surface area contributed by atoms with Crippen LogP contribution in [0.15, 0.2) is 0 Å². The maximum absolute atomic E-state index is 9.81. The van der Waals surface area contributed by atoms with Crippen molar-refractivity contribution >= 4 is 7.82 Å². The molecule has 0 unspecified atom stereocenters. The molecule has 2 N–H and O–H groups in total. The van der Waals surface area contributed by atoms with Gasteiger partial charge in [-0.15, -0.1) is 0 Å². The molecule has 0 saturated heterocycles. The van der Waals surface area contributed by atoms with Crippen LogP contribution in [0.3, 0.4) is 0 Å². The SMILES string of the molecule is NCCCCOP(=O)([O-])[O-].[Na+].[Na+]. The summed E-state index contributed by atoms with van der Waals surface area (Å²) in [6.07, 6.45) is 1.17. The molecule has 0 aromatic rings. The number of rotatable bonds is 5. The number of phosphoric ester groups is 1. The second kappa shape index (κ2) is 11.1. The van der Waals surface area contributed by atoms with Crippen LogP contribution in [0.5, 0.6) is 0 Å². The van der Waals surface area contributed by atoms with Crippen LogP contribution < -0.4 is 74.6 Å². The van der Waals surface area contributed by atoms with E-state index in [2.05, 4.69) is 4.52 Å². The Morgan fingerprint density at radius 1 is 1.25 bits per heavy atom. The van der Waals surface area contributed by atoms with Crippen LogP contribution in [0.4, 0.5) is 0 Å². The smallest absolute Gasteiger partial charge is 0.790 e. The first kappa shape index (κ1) is 19.6. The maximum atomic E-state index is 9.81. The zero-order valence-electron chi connectivity index (χ0n) is 7.49. The van der Waals surface area contributed by atoms with E-state index in [1.165, 1.54) is 0 Å². The molecule has 0 atom stereocenters. The van der Waals surface area contributed by atoms with Crippen molar-refractivity contribution in [3.05, 3.63) is 0 Å². The Bertz CT molecular complexity index is 130. The summed E-state index contributed by atoms with van der Waals surface area (Å²) in [5.41, 5.74) is 5.10. The summed E-state index contributed by atoms with van der Waals surface area (Å²) in [6.45, 7) is 0.423. The molecule has 0 aliphatic carbocycles. The van der Waals surface area contributed by atoms with Gasteiger partial charge in [0.2, 0.25) is 0 Å². The second-order valence-corrected chi connectivity index (χ2v) is 2.93. The van der Waals surface area contributed by atoms with Crippen LogP contribution in [-0.4, -0.2) is 13.2 Å². The van der Waals surface area contributed by atoms with E-state index < -0.39 is 7.82 Å². The van der Waals surface area contributed by atoms with E-state index in [9.17, 15) is 14.4 Å². The zero-order chi connectivity index (χ0) is 8.04. The van der Waals surface area contributed by atoms with Crippen LogP contribution in [0.2, 0.25) is 0 Å². The molecule has 5 nitrogen and oxygen atoms in total. The molecule has 12 heavy (non-hydrogen) atoms. The third-order valence-electron chi connectivity index (χ3n) is 0.848. The van der Waals surface area contributed by atoms with Crippen molar-refractivity contribution in [3.63, 3.8) is 0 Å². The molecule has 0 rings (SSSR count). The first-order valence-corrected chi connectivity index (χ1v) is 4.39. The van der Waals surface area contributed by atoms with Crippen molar-refractivity contribution in [3.8, 4) is 0 Å². The molecule has 0 amide bonds. The maximum Gasteiger partial charge on any atom is 1.00 e. The van der Waals surface area contributed by atoms with Crippen LogP contribution >= 0.6 is 7.82 Å². The van der Waals surface area contributed by atoms with Gasteiger partial charge in [0.25, 0.3) is 0 Å². The third-order valence-corrected chi connectivity index (χ3v) is 1.35. The molecule has 0 bridgehead atoms. The van der Waals surface area contributed by atoms with Gasteiger partial charge in [-0.2, -0.15) is 0 Å². The van der Waals surface area contributed by atoms with E-state index in [0.29, 0.717) is 19.4 Å². The Labute approximate surface area is 116 Å². The van der Waals surface area contributed by atoms with E-state index in [1.807, 2.05) is 0 Å². The standard InChI is InChI=1S/C4H12NO4P.2Na/c5-3-1-2-4-9-10(6,7)8;;/h1-5H2,(H2,6,7,8);;/q;2*+1/p-2. The van der Waals surface area contributed by atoms with Crippen molar-refractivity contribution in [2.75, 3.05) is 13.2 Å². The Balaban J connectivity index is -0.000000405. The van der Waals surface area contributed by atoms with Gasteiger partial charge in [0.15, 0.2) is 0 Å².